The van der Waals surface area contributed by atoms with Crippen LogP contribution in [0.4, 0.5) is 4.79 Å². The van der Waals surface area contributed by atoms with Crippen molar-refractivity contribution < 1.29 is 24.6 Å². The fourth-order valence-corrected chi connectivity index (χ4v) is 4.81. The minimum Gasteiger partial charge on any atom is -0.477 e. The number of β-lactam (4-membered cyclic amide) rings is 1. The zero-order valence-corrected chi connectivity index (χ0v) is 13.7. The number of aliphatic carboxylic acids is 1. The summed E-state index contributed by atoms with van der Waals surface area (Å²) in [6.07, 6.45) is 2.57. The number of hydrogen-bond acceptors (Lipinski definition) is 6. The van der Waals surface area contributed by atoms with Crippen molar-refractivity contribution in [3.63, 3.8) is 0 Å². The number of thioether (sulfide) groups is 1. The minimum atomic E-state index is -1.16. The van der Waals surface area contributed by atoms with E-state index < -0.39 is 30.1 Å². The molecule has 4 rings (SSSR count). The molecule has 0 aliphatic carbocycles. The Balaban J connectivity index is 1.63. The van der Waals surface area contributed by atoms with E-state index in [2.05, 4.69) is 9.97 Å². The number of hydrogen-bond donors (Lipinski definition) is 2. The molecule has 1 unspecified atom stereocenters. The van der Waals surface area contributed by atoms with E-state index in [1.807, 2.05) is 0 Å². The van der Waals surface area contributed by atoms with Gasteiger partial charge in [-0.15, -0.1) is 0 Å². The number of likely N-dealkylation sites (tertiary alicyclic amines) is 1. The predicted molar refractivity (Wildman–Crippen MR) is 84.7 cm³/mol. The van der Waals surface area contributed by atoms with Gasteiger partial charge >= 0.3 is 12.1 Å². The third kappa shape index (κ3) is 2.28. The summed E-state index contributed by atoms with van der Waals surface area (Å²) in [6, 6.07) is 0.509. The van der Waals surface area contributed by atoms with Crippen molar-refractivity contribution in [2.24, 2.45) is 5.92 Å². The summed E-state index contributed by atoms with van der Waals surface area (Å²) in [5, 5.41) is 19.4. The first-order chi connectivity index (χ1) is 12.0. The largest absolute Gasteiger partial charge is 0.477 e. The van der Waals surface area contributed by atoms with Gasteiger partial charge < -0.3 is 10.2 Å². The Morgan fingerprint density at radius 3 is 2.64 bits per heavy atom. The lowest BCUT2D eigenvalue weighted by molar-refractivity contribution is -0.161. The average Bonchev–Trinajstić information content (AvgIpc) is 2.92. The Morgan fingerprint density at radius 2 is 2.00 bits per heavy atom. The van der Waals surface area contributed by atoms with Crippen molar-refractivity contribution in [2.45, 2.75) is 23.7 Å². The monoisotopic (exact) mass is 362 g/mol. The summed E-state index contributed by atoms with van der Waals surface area (Å²) in [6.45, 7) is 0.226. The standard InChI is InChI=1S/C15H14N4O5S/c20-12-11-9-7(2-5-18(11)15(23)24)8(10(13(21)22)19(9)12)6-25-14-16-3-1-4-17-14/h1,3-4,7,9,11H,2,5-6H2,(H,21,22)(H,23,24)/t7?,9-,11+/m1/s1. The maximum Gasteiger partial charge on any atom is 0.408 e. The molecule has 2 amide bonds. The van der Waals surface area contributed by atoms with E-state index in [4.69, 9.17) is 0 Å². The molecule has 25 heavy (non-hydrogen) atoms. The van der Waals surface area contributed by atoms with Crippen molar-refractivity contribution in [3.05, 3.63) is 29.7 Å². The fourth-order valence-electron chi connectivity index (χ4n) is 3.90. The van der Waals surface area contributed by atoms with Crippen molar-refractivity contribution in [1.29, 1.82) is 0 Å². The number of nitrogens with zero attached hydrogens (tertiary/aromatic N) is 4. The summed E-state index contributed by atoms with van der Waals surface area (Å²) in [5.41, 5.74) is 0.655. The molecular weight excluding hydrogens is 348 g/mol. The van der Waals surface area contributed by atoms with Gasteiger partial charge in [-0.1, -0.05) is 11.8 Å². The molecule has 2 N–H and O–H groups in total. The fraction of sp³-hybridized carbons (Fsp3) is 0.400. The van der Waals surface area contributed by atoms with Crippen LogP contribution in [0.5, 0.6) is 0 Å². The van der Waals surface area contributed by atoms with Crippen molar-refractivity contribution in [1.82, 2.24) is 19.8 Å². The molecule has 0 radical (unpaired) electrons. The van der Waals surface area contributed by atoms with Gasteiger partial charge in [0.05, 0.1) is 6.04 Å². The molecule has 1 aromatic rings. The molecule has 0 aromatic carbocycles. The highest BCUT2D eigenvalue weighted by atomic mass is 32.2. The van der Waals surface area contributed by atoms with E-state index in [0.717, 1.165) is 4.90 Å². The normalized spacial score (nSPS) is 27.2. The van der Waals surface area contributed by atoms with Crippen LogP contribution in [0, 0.1) is 5.92 Å². The number of carboxylic acids is 1. The third-order valence-corrected chi connectivity index (χ3v) is 5.81. The Kier molecular flexibility index (Phi) is 3.64. The average molecular weight is 362 g/mol. The van der Waals surface area contributed by atoms with Crippen LogP contribution in [0.25, 0.3) is 0 Å². The maximum atomic E-state index is 12.4. The van der Waals surface area contributed by atoms with Crippen LogP contribution in [0.15, 0.2) is 34.9 Å². The smallest absolute Gasteiger partial charge is 0.408 e. The quantitative estimate of drug-likeness (QED) is 0.451. The Hall–Kier alpha value is -2.62. The molecule has 10 heteroatoms. The first-order valence-electron chi connectivity index (χ1n) is 7.69. The minimum absolute atomic E-state index is 0.00748. The number of carbonyl (C=O) groups excluding carboxylic acids is 1. The van der Waals surface area contributed by atoms with Gasteiger partial charge in [0.1, 0.15) is 11.7 Å². The van der Waals surface area contributed by atoms with Gasteiger partial charge in [0, 0.05) is 30.6 Å². The third-order valence-electron chi connectivity index (χ3n) is 4.88. The Morgan fingerprint density at radius 1 is 1.28 bits per heavy atom. The van der Waals surface area contributed by atoms with Gasteiger partial charge in [0.2, 0.25) is 0 Å². The number of aromatic nitrogens is 2. The highest BCUT2D eigenvalue weighted by Crippen LogP contribution is 2.49. The second-order valence-electron chi connectivity index (χ2n) is 6.01. The number of carboxylic acid groups (broad SMARTS) is 2. The van der Waals surface area contributed by atoms with Gasteiger partial charge in [-0.2, -0.15) is 0 Å². The SMILES string of the molecule is O=C(O)C1=C(CSc2ncccn2)C2CCN(C(=O)O)[C@@H]3C(=O)N1[C@H]23. The summed E-state index contributed by atoms with van der Waals surface area (Å²) >= 11 is 1.31. The molecule has 3 aliphatic heterocycles. The van der Waals surface area contributed by atoms with E-state index in [1.54, 1.807) is 18.5 Å². The van der Waals surface area contributed by atoms with E-state index in [9.17, 15) is 24.6 Å². The van der Waals surface area contributed by atoms with Crippen LogP contribution in [-0.4, -0.2) is 72.3 Å². The zero-order valence-electron chi connectivity index (χ0n) is 12.9. The second kappa shape index (κ2) is 5.73. The molecule has 1 aromatic heterocycles. The lowest BCUT2D eigenvalue weighted by Crippen LogP contribution is -2.73. The maximum absolute atomic E-state index is 12.4. The molecule has 0 bridgehead atoms. The molecule has 3 atom stereocenters. The van der Waals surface area contributed by atoms with Gasteiger partial charge in [0.15, 0.2) is 5.16 Å². The first kappa shape index (κ1) is 15.9. The van der Waals surface area contributed by atoms with Gasteiger partial charge in [0.25, 0.3) is 5.91 Å². The molecular formula is C15H14N4O5S. The molecule has 0 saturated carbocycles. The molecule has 9 nitrogen and oxygen atoms in total. The summed E-state index contributed by atoms with van der Waals surface area (Å²) in [7, 11) is 0. The Bertz CT molecular complexity index is 798. The van der Waals surface area contributed by atoms with E-state index in [0.29, 0.717) is 22.9 Å². The van der Waals surface area contributed by atoms with Crippen LogP contribution in [-0.2, 0) is 9.59 Å². The van der Waals surface area contributed by atoms with E-state index >= 15 is 0 Å². The lowest BCUT2D eigenvalue weighted by atomic mass is 9.78. The lowest BCUT2D eigenvalue weighted by Gasteiger charge is -2.52. The van der Waals surface area contributed by atoms with Crippen molar-refractivity contribution in [3.8, 4) is 0 Å². The van der Waals surface area contributed by atoms with Gasteiger partial charge in [-0.05, 0) is 18.1 Å². The summed E-state index contributed by atoms with van der Waals surface area (Å²) in [4.78, 5) is 46.1. The number of carbonyl (C=O) groups is 3. The van der Waals surface area contributed by atoms with E-state index in [-0.39, 0.29) is 18.2 Å². The zero-order chi connectivity index (χ0) is 17.7. The first-order valence-corrected chi connectivity index (χ1v) is 8.68. The highest BCUT2D eigenvalue weighted by Gasteiger charge is 2.64. The summed E-state index contributed by atoms with van der Waals surface area (Å²) < 4.78 is 0. The topological polar surface area (TPSA) is 124 Å². The van der Waals surface area contributed by atoms with Crippen LogP contribution < -0.4 is 0 Å². The highest BCUT2D eigenvalue weighted by molar-refractivity contribution is 7.99. The molecule has 130 valence electrons. The second-order valence-corrected chi connectivity index (χ2v) is 6.96. The van der Waals surface area contributed by atoms with Crippen molar-refractivity contribution >= 4 is 29.7 Å². The molecule has 2 fully saturated rings. The summed E-state index contributed by atoms with van der Waals surface area (Å²) in [5.74, 6) is -1.39. The van der Waals surface area contributed by atoms with E-state index in [1.165, 1.54) is 16.7 Å². The Labute approximate surface area is 146 Å². The van der Waals surface area contributed by atoms with Crippen LogP contribution in [0.3, 0.4) is 0 Å². The van der Waals surface area contributed by atoms with Crippen LogP contribution in [0.1, 0.15) is 6.42 Å². The number of amides is 2. The van der Waals surface area contributed by atoms with Crippen LogP contribution >= 0.6 is 11.8 Å². The molecule has 0 spiro atoms. The molecule has 4 heterocycles. The van der Waals surface area contributed by atoms with Crippen molar-refractivity contribution in [2.75, 3.05) is 12.3 Å². The van der Waals surface area contributed by atoms with Crippen LogP contribution in [0.2, 0.25) is 0 Å². The van der Waals surface area contributed by atoms with Gasteiger partial charge in [-0.3, -0.25) is 14.6 Å². The number of piperidine rings is 1. The number of rotatable bonds is 4. The molecule has 2 saturated heterocycles. The van der Waals surface area contributed by atoms with Gasteiger partial charge in [-0.25, -0.2) is 19.6 Å². The predicted octanol–water partition coefficient (Wildman–Crippen LogP) is 0.500. The molecule has 3 aliphatic rings.